The van der Waals surface area contributed by atoms with Crippen LogP contribution in [0.3, 0.4) is 0 Å². The number of rotatable bonds is 11. The van der Waals surface area contributed by atoms with E-state index >= 15 is 0 Å². The monoisotopic (exact) mass is 634 g/mol. The number of para-hydroxylation sites is 1. The smallest absolute Gasteiger partial charge is 0.355 e. The Bertz CT molecular complexity index is 1980. The first-order chi connectivity index (χ1) is 20.8. The van der Waals surface area contributed by atoms with Crippen LogP contribution in [0.4, 0.5) is 4.79 Å². The summed E-state index contributed by atoms with van der Waals surface area (Å²) in [6, 6.07) is 13.2. The van der Waals surface area contributed by atoms with Gasteiger partial charge >= 0.3 is 6.03 Å². The summed E-state index contributed by atoms with van der Waals surface area (Å²) in [6.45, 7) is 3.70. The number of hydrogen-bond donors (Lipinski definition) is 2. The highest BCUT2D eigenvalue weighted by atomic mass is 32.2. The van der Waals surface area contributed by atoms with E-state index in [1.54, 1.807) is 49.5 Å². The van der Waals surface area contributed by atoms with Gasteiger partial charge in [-0.25, -0.2) is 25.9 Å². The second-order valence-corrected chi connectivity index (χ2v) is 14.4. The highest BCUT2D eigenvalue weighted by Gasteiger charge is 2.55. The summed E-state index contributed by atoms with van der Waals surface area (Å²) < 4.78 is 60.9. The topological polar surface area (TPSA) is 160 Å². The predicted octanol–water partition coefficient (Wildman–Crippen LogP) is 3.00. The summed E-state index contributed by atoms with van der Waals surface area (Å²) in [5, 5.41) is 0.712. The van der Waals surface area contributed by atoms with Crippen molar-refractivity contribution in [2.24, 2.45) is 5.73 Å². The molecule has 11 nitrogen and oxygen atoms in total. The number of ether oxygens (including phenoxy) is 1. The molecule has 1 aliphatic rings. The number of sulfonamides is 2. The van der Waals surface area contributed by atoms with Crippen LogP contribution in [0.1, 0.15) is 29.5 Å². The number of aryl methyl sites for hydroxylation is 2. The Hall–Kier alpha value is -4.14. The largest absolute Gasteiger partial charge is 0.457 e. The number of carbonyl (C=O) groups is 2. The Labute approximate surface area is 257 Å². The fraction of sp³-hybridized carbons (Fsp3) is 0.267. The molecule has 2 heterocycles. The summed E-state index contributed by atoms with van der Waals surface area (Å²) in [6.07, 6.45) is 1.82. The van der Waals surface area contributed by atoms with E-state index in [2.05, 4.69) is 4.98 Å². The Morgan fingerprint density at radius 3 is 2.41 bits per heavy atom. The molecule has 3 N–H and O–H groups in total. The average molecular weight is 635 g/mol. The van der Waals surface area contributed by atoms with E-state index in [-0.39, 0.29) is 28.6 Å². The van der Waals surface area contributed by atoms with Crippen LogP contribution in [0, 0.1) is 13.8 Å². The minimum Gasteiger partial charge on any atom is -0.457 e. The van der Waals surface area contributed by atoms with E-state index in [1.807, 2.05) is 13.0 Å². The van der Waals surface area contributed by atoms with Crippen LogP contribution in [-0.2, 0) is 31.3 Å². The fourth-order valence-electron chi connectivity index (χ4n) is 5.10. The van der Waals surface area contributed by atoms with E-state index in [0.29, 0.717) is 44.2 Å². The number of carbonyl (C=O) groups excluding carboxylic acids is 2. The molecule has 0 spiro atoms. The first kappa shape index (κ1) is 31.3. The molecule has 1 fully saturated rings. The molecule has 228 valence electrons. The van der Waals surface area contributed by atoms with Crippen molar-refractivity contribution in [3.8, 4) is 11.5 Å². The normalized spacial score (nSPS) is 15.8. The SMILES string of the molecule is [B]c1cc(Oc2ccc(S(=O)(=O)N3C(=O)N(S(=O)(=O)CCCCN)C(=O)C3Cc3c[nH]c4ccccc34)cc2C)ccc1C. The van der Waals surface area contributed by atoms with E-state index in [4.69, 9.17) is 18.3 Å². The molecule has 1 atom stereocenters. The standard InChI is InChI=1S/C30H31BN4O7S2/c1-19-9-10-22(17-25(19)31)42-28-12-11-23(15-20(28)2)44(40,41)34-27(16-21-18-33-26-8-4-3-7-24(21)26)29(36)35(30(34)37)43(38,39)14-6-5-13-32/h3-4,7-12,15,17-18,27,33H,5-6,13-14,16,32H2,1-2H3. The zero-order valence-electron chi connectivity index (χ0n) is 24.2. The van der Waals surface area contributed by atoms with E-state index in [9.17, 15) is 26.4 Å². The van der Waals surface area contributed by atoms with Crippen molar-refractivity contribution in [3.05, 3.63) is 83.6 Å². The maximum absolute atomic E-state index is 14.1. The molecular formula is C30H31BN4O7S2. The number of unbranched alkanes of at least 4 members (excludes halogenated alkanes) is 1. The van der Waals surface area contributed by atoms with Gasteiger partial charge in [-0.3, -0.25) is 4.79 Å². The summed E-state index contributed by atoms with van der Waals surface area (Å²) in [4.78, 5) is 30.1. The van der Waals surface area contributed by atoms with Crippen molar-refractivity contribution < 1.29 is 31.2 Å². The maximum Gasteiger partial charge on any atom is 0.355 e. The van der Waals surface area contributed by atoms with Crippen LogP contribution in [0.2, 0.25) is 0 Å². The lowest BCUT2D eigenvalue weighted by Crippen LogP contribution is -2.42. The number of fused-ring (bicyclic) bond motifs is 1. The number of nitrogens with zero attached hydrogens (tertiary/aromatic N) is 2. The molecule has 2 radical (unpaired) electrons. The van der Waals surface area contributed by atoms with Crippen molar-refractivity contribution in [1.29, 1.82) is 0 Å². The van der Waals surface area contributed by atoms with Crippen LogP contribution in [-0.4, -0.2) is 68.6 Å². The van der Waals surface area contributed by atoms with Gasteiger partial charge in [-0.1, -0.05) is 35.3 Å². The maximum atomic E-state index is 14.1. The van der Waals surface area contributed by atoms with Gasteiger partial charge in [-0.05, 0) is 80.8 Å². The van der Waals surface area contributed by atoms with Crippen LogP contribution in [0.15, 0.2) is 71.8 Å². The summed E-state index contributed by atoms with van der Waals surface area (Å²) >= 11 is 0. The van der Waals surface area contributed by atoms with Crippen molar-refractivity contribution in [1.82, 2.24) is 13.6 Å². The summed E-state index contributed by atoms with van der Waals surface area (Å²) in [5.41, 5.74) is 8.59. The van der Waals surface area contributed by atoms with Gasteiger partial charge in [0.05, 0.1) is 10.6 Å². The second kappa shape index (κ2) is 12.1. The highest BCUT2D eigenvalue weighted by Crippen LogP contribution is 2.34. The van der Waals surface area contributed by atoms with Crippen LogP contribution in [0.25, 0.3) is 10.9 Å². The van der Waals surface area contributed by atoms with Gasteiger partial charge in [-0.2, -0.15) is 4.31 Å². The van der Waals surface area contributed by atoms with Gasteiger partial charge in [0.1, 0.15) is 25.4 Å². The zero-order chi connectivity index (χ0) is 31.8. The second-order valence-electron chi connectivity index (χ2n) is 10.6. The molecule has 5 rings (SSSR count). The number of aromatic amines is 1. The van der Waals surface area contributed by atoms with Gasteiger partial charge in [0, 0.05) is 23.5 Å². The Morgan fingerprint density at radius 1 is 0.955 bits per heavy atom. The quantitative estimate of drug-likeness (QED) is 0.145. The molecule has 4 aromatic rings. The molecule has 0 bridgehead atoms. The third-order valence-corrected chi connectivity index (χ3v) is 11.0. The fourth-order valence-corrected chi connectivity index (χ4v) is 8.20. The van der Waals surface area contributed by atoms with Gasteiger partial charge in [0.25, 0.3) is 15.9 Å². The minimum absolute atomic E-state index is 0.0900. The molecular weight excluding hydrogens is 603 g/mol. The van der Waals surface area contributed by atoms with Gasteiger partial charge in [-0.15, -0.1) is 0 Å². The van der Waals surface area contributed by atoms with Crippen molar-refractivity contribution >= 4 is 56.2 Å². The zero-order valence-corrected chi connectivity index (χ0v) is 25.8. The van der Waals surface area contributed by atoms with E-state index in [1.165, 1.54) is 18.2 Å². The third-order valence-electron chi connectivity index (χ3n) is 7.54. The Kier molecular flexibility index (Phi) is 8.61. The number of benzene rings is 3. The van der Waals surface area contributed by atoms with Gasteiger partial charge in [0.15, 0.2) is 0 Å². The molecule has 14 heteroatoms. The third kappa shape index (κ3) is 5.84. The lowest BCUT2D eigenvalue weighted by Gasteiger charge is -2.22. The van der Waals surface area contributed by atoms with Crippen LogP contribution < -0.4 is 15.9 Å². The van der Waals surface area contributed by atoms with Crippen molar-refractivity contribution in [2.45, 2.75) is 44.0 Å². The molecule has 0 saturated carbocycles. The Morgan fingerprint density at radius 2 is 1.70 bits per heavy atom. The summed E-state index contributed by atoms with van der Waals surface area (Å²) in [5.74, 6) is -0.883. The van der Waals surface area contributed by atoms with E-state index < -0.39 is 43.8 Å². The number of nitrogens with two attached hydrogens (primary N) is 1. The Balaban J connectivity index is 1.53. The van der Waals surface area contributed by atoms with Crippen LogP contribution >= 0.6 is 0 Å². The number of urea groups is 1. The molecule has 1 saturated heterocycles. The molecule has 3 aromatic carbocycles. The van der Waals surface area contributed by atoms with Crippen molar-refractivity contribution in [2.75, 3.05) is 12.3 Å². The predicted molar refractivity (Wildman–Crippen MR) is 167 cm³/mol. The van der Waals surface area contributed by atoms with Gasteiger partial charge < -0.3 is 15.5 Å². The lowest BCUT2D eigenvalue weighted by molar-refractivity contribution is -0.124. The highest BCUT2D eigenvalue weighted by molar-refractivity contribution is 7.91. The average Bonchev–Trinajstić information content (AvgIpc) is 3.49. The number of nitrogens with one attached hydrogen (secondary N) is 1. The van der Waals surface area contributed by atoms with Crippen LogP contribution in [0.5, 0.6) is 11.5 Å². The molecule has 1 aliphatic heterocycles. The first-order valence-corrected chi connectivity index (χ1v) is 16.9. The van der Waals surface area contributed by atoms with E-state index in [0.717, 1.165) is 11.1 Å². The van der Waals surface area contributed by atoms with Gasteiger partial charge in [0.2, 0.25) is 10.0 Å². The molecule has 3 amide bonds. The molecule has 44 heavy (non-hydrogen) atoms. The number of amides is 3. The summed E-state index contributed by atoms with van der Waals surface area (Å²) in [7, 11) is -3.22. The number of hydrogen-bond acceptors (Lipinski definition) is 8. The van der Waals surface area contributed by atoms with Crippen molar-refractivity contribution in [3.63, 3.8) is 0 Å². The first-order valence-electron chi connectivity index (χ1n) is 13.9. The number of aromatic nitrogens is 1. The minimum atomic E-state index is -4.72. The number of imide groups is 1. The molecule has 0 aliphatic carbocycles. The molecule has 1 unspecified atom stereocenters. The number of H-pyrrole nitrogens is 1. The lowest BCUT2D eigenvalue weighted by atomic mass is 9.91. The molecule has 1 aromatic heterocycles.